The van der Waals surface area contributed by atoms with Gasteiger partial charge in [-0.25, -0.2) is 0 Å². The highest BCUT2D eigenvalue weighted by atomic mass is 16.5. The largest absolute Gasteiger partial charge is 0.487 e. The fraction of sp³-hybridized carbons (Fsp3) is 0.269. The molecule has 0 aliphatic carbocycles. The van der Waals surface area contributed by atoms with Gasteiger partial charge in [0.05, 0.1) is 11.6 Å². The number of carbonyl (C=O) groups is 2. The molecule has 2 amide bonds. The summed E-state index contributed by atoms with van der Waals surface area (Å²) < 4.78 is 5.74. The average Bonchev–Trinajstić information content (AvgIpc) is 3.24. The van der Waals surface area contributed by atoms with Crippen LogP contribution in [0.4, 0.5) is 5.69 Å². The summed E-state index contributed by atoms with van der Waals surface area (Å²) in [5.74, 6) is 0.302. The van der Waals surface area contributed by atoms with Crippen LogP contribution in [0.5, 0.6) is 5.75 Å². The summed E-state index contributed by atoms with van der Waals surface area (Å²) in [6.07, 6.45) is 2.93. The molecule has 1 N–H and O–H groups in total. The van der Waals surface area contributed by atoms with E-state index >= 15 is 0 Å². The van der Waals surface area contributed by atoms with Crippen LogP contribution in [0.3, 0.4) is 0 Å². The van der Waals surface area contributed by atoms with E-state index < -0.39 is 0 Å². The lowest BCUT2D eigenvalue weighted by Crippen LogP contribution is -2.32. The molecule has 1 fully saturated rings. The first kappa shape index (κ1) is 21.6. The number of aromatic nitrogens is 1. The van der Waals surface area contributed by atoms with E-state index in [1.807, 2.05) is 66.7 Å². The van der Waals surface area contributed by atoms with Crippen molar-refractivity contribution in [3.8, 4) is 5.75 Å². The number of benzene rings is 2. The number of hydrogen-bond donors (Lipinski definition) is 1. The third-order valence-corrected chi connectivity index (χ3v) is 5.66. The molecule has 1 aliphatic heterocycles. The minimum absolute atomic E-state index is 0.0104. The van der Waals surface area contributed by atoms with Gasteiger partial charge in [0, 0.05) is 31.4 Å². The normalized spacial score (nSPS) is 15.6. The van der Waals surface area contributed by atoms with Crippen LogP contribution in [0.15, 0.2) is 72.9 Å². The Kier molecular flexibility index (Phi) is 6.80. The van der Waals surface area contributed by atoms with Gasteiger partial charge in [0.1, 0.15) is 12.4 Å². The molecule has 0 spiro atoms. The number of anilines is 1. The number of aryl methyl sites for hydroxylation is 1. The number of nitrogens with zero attached hydrogens (tertiary/aromatic N) is 2. The Morgan fingerprint density at radius 2 is 1.81 bits per heavy atom. The predicted octanol–water partition coefficient (Wildman–Crippen LogP) is 3.89. The molecule has 4 rings (SSSR count). The summed E-state index contributed by atoms with van der Waals surface area (Å²) in [6, 6.07) is 21.3. The van der Waals surface area contributed by atoms with Gasteiger partial charge < -0.3 is 15.0 Å². The van der Waals surface area contributed by atoms with E-state index in [0.717, 1.165) is 29.1 Å². The Balaban J connectivity index is 1.26. The number of carbonyl (C=O) groups excluding carboxylic acids is 2. The van der Waals surface area contributed by atoms with Crippen molar-refractivity contribution < 1.29 is 14.3 Å². The lowest BCUT2D eigenvalue weighted by molar-refractivity contribution is -0.126. The molecule has 1 aromatic heterocycles. The van der Waals surface area contributed by atoms with Crippen LogP contribution >= 0.6 is 0 Å². The maximum atomic E-state index is 12.6. The number of hydrogen-bond acceptors (Lipinski definition) is 4. The summed E-state index contributed by atoms with van der Waals surface area (Å²) in [6.45, 7) is 3.33. The monoisotopic (exact) mass is 429 g/mol. The summed E-state index contributed by atoms with van der Waals surface area (Å²) in [5.41, 5.74) is 3.91. The van der Waals surface area contributed by atoms with E-state index in [0.29, 0.717) is 19.7 Å². The lowest BCUT2D eigenvalue weighted by atomic mass is 10.1. The number of amides is 2. The standard InChI is InChI=1S/C26H27N3O3/c1-2-19-6-10-23(11-7-19)29-17-21(15-25(29)30)26(31)28-16-20-8-12-24(13-9-20)32-18-22-5-3-4-14-27-22/h3-14,21H,2,15-18H2,1H3,(H,28,31). The van der Waals surface area contributed by atoms with Gasteiger partial charge in [0.2, 0.25) is 11.8 Å². The molecule has 0 saturated carbocycles. The zero-order chi connectivity index (χ0) is 22.3. The van der Waals surface area contributed by atoms with Crippen LogP contribution in [-0.2, 0) is 29.2 Å². The molecule has 2 heterocycles. The summed E-state index contributed by atoms with van der Waals surface area (Å²) in [5, 5.41) is 2.96. The van der Waals surface area contributed by atoms with Crippen molar-refractivity contribution in [1.82, 2.24) is 10.3 Å². The van der Waals surface area contributed by atoms with Crippen molar-refractivity contribution in [2.75, 3.05) is 11.4 Å². The molecule has 6 heteroatoms. The van der Waals surface area contributed by atoms with Crippen molar-refractivity contribution in [1.29, 1.82) is 0 Å². The molecule has 1 unspecified atom stereocenters. The van der Waals surface area contributed by atoms with Crippen molar-refractivity contribution in [2.24, 2.45) is 5.92 Å². The minimum atomic E-state index is -0.339. The van der Waals surface area contributed by atoms with E-state index in [9.17, 15) is 9.59 Å². The fourth-order valence-electron chi connectivity index (χ4n) is 3.72. The molecule has 3 aromatic rings. The minimum Gasteiger partial charge on any atom is -0.487 e. The second-order valence-corrected chi connectivity index (χ2v) is 7.90. The SMILES string of the molecule is CCc1ccc(N2CC(C(=O)NCc3ccc(OCc4ccccn4)cc3)CC2=O)cc1. The van der Waals surface area contributed by atoms with Gasteiger partial charge in [0.15, 0.2) is 0 Å². The van der Waals surface area contributed by atoms with Crippen LogP contribution in [0, 0.1) is 5.92 Å². The summed E-state index contributed by atoms with van der Waals surface area (Å²) in [4.78, 5) is 31.0. The van der Waals surface area contributed by atoms with E-state index in [-0.39, 0.29) is 24.2 Å². The van der Waals surface area contributed by atoms with Crippen molar-refractivity contribution >= 4 is 17.5 Å². The highest BCUT2D eigenvalue weighted by Gasteiger charge is 2.34. The van der Waals surface area contributed by atoms with E-state index in [2.05, 4.69) is 17.2 Å². The molecule has 164 valence electrons. The number of ether oxygens (including phenoxy) is 1. The molecule has 32 heavy (non-hydrogen) atoms. The summed E-state index contributed by atoms with van der Waals surface area (Å²) >= 11 is 0. The van der Waals surface area contributed by atoms with Gasteiger partial charge in [-0.1, -0.05) is 37.3 Å². The van der Waals surface area contributed by atoms with Crippen LogP contribution < -0.4 is 15.0 Å². The zero-order valence-corrected chi connectivity index (χ0v) is 18.2. The predicted molar refractivity (Wildman–Crippen MR) is 123 cm³/mol. The quantitative estimate of drug-likeness (QED) is 0.590. The molecule has 2 aromatic carbocycles. The molecule has 1 atom stereocenters. The van der Waals surface area contributed by atoms with Gasteiger partial charge >= 0.3 is 0 Å². The smallest absolute Gasteiger partial charge is 0.227 e. The van der Waals surface area contributed by atoms with Crippen molar-refractivity contribution in [2.45, 2.75) is 32.9 Å². The Morgan fingerprint density at radius 3 is 2.50 bits per heavy atom. The number of pyridine rings is 1. The highest BCUT2D eigenvalue weighted by Crippen LogP contribution is 2.26. The molecular weight excluding hydrogens is 402 g/mol. The Morgan fingerprint density at radius 1 is 1.06 bits per heavy atom. The second kappa shape index (κ2) is 10.1. The van der Waals surface area contributed by atoms with Gasteiger partial charge in [-0.15, -0.1) is 0 Å². The van der Waals surface area contributed by atoms with E-state index in [1.165, 1.54) is 5.56 Å². The molecular formula is C26H27N3O3. The molecule has 0 bridgehead atoms. The van der Waals surface area contributed by atoms with Crippen LogP contribution in [0.25, 0.3) is 0 Å². The lowest BCUT2D eigenvalue weighted by Gasteiger charge is -2.17. The zero-order valence-electron chi connectivity index (χ0n) is 18.2. The van der Waals surface area contributed by atoms with E-state index in [4.69, 9.17) is 4.74 Å². The Labute approximate surface area is 188 Å². The maximum Gasteiger partial charge on any atom is 0.227 e. The first-order chi connectivity index (χ1) is 15.6. The molecule has 0 radical (unpaired) electrons. The topological polar surface area (TPSA) is 71.5 Å². The van der Waals surface area contributed by atoms with Crippen LogP contribution in [0.1, 0.15) is 30.2 Å². The van der Waals surface area contributed by atoms with Crippen molar-refractivity contribution in [3.63, 3.8) is 0 Å². The maximum absolute atomic E-state index is 12.6. The number of rotatable bonds is 8. The third-order valence-electron chi connectivity index (χ3n) is 5.66. The van der Waals surface area contributed by atoms with Gasteiger partial charge in [-0.05, 0) is 53.9 Å². The summed E-state index contributed by atoms with van der Waals surface area (Å²) in [7, 11) is 0. The first-order valence-electron chi connectivity index (χ1n) is 10.9. The highest BCUT2D eigenvalue weighted by molar-refractivity contribution is 6.00. The van der Waals surface area contributed by atoms with Gasteiger partial charge in [0.25, 0.3) is 0 Å². The van der Waals surface area contributed by atoms with Crippen molar-refractivity contribution in [3.05, 3.63) is 89.7 Å². The molecule has 1 saturated heterocycles. The van der Waals surface area contributed by atoms with Gasteiger partial charge in [-0.2, -0.15) is 0 Å². The average molecular weight is 430 g/mol. The molecule has 1 aliphatic rings. The fourth-order valence-corrected chi connectivity index (χ4v) is 3.72. The van der Waals surface area contributed by atoms with Crippen LogP contribution in [0.2, 0.25) is 0 Å². The second-order valence-electron chi connectivity index (χ2n) is 7.90. The molecule has 6 nitrogen and oxygen atoms in total. The number of nitrogens with one attached hydrogen (secondary N) is 1. The van der Waals surface area contributed by atoms with E-state index in [1.54, 1.807) is 11.1 Å². The first-order valence-corrected chi connectivity index (χ1v) is 10.9. The van der Waals surface area contributed by atoms with Crippen LogP contribution in [-0.4, -0.2) is 23.3 Å². The van der Waals surface area contributed by atoms with Gasteiger partial charge in [-0.3, -0.25) is 14.6 Å². The Hall–Kier alpha value is -3.67. The third kappa shape index (κ3) is 5.32. The Bertz CT molecular complexity index is 1050.